The van der Waals surface area contributed by atoms with Crippen LogP contribution in [0, 0.1) is 0 Å². The molecule has 4 rings (SSSR count). The predicted molar refractivity (Wildman–Crippen MR) is 112 cm³/mol. The minimum atomic E-state index is 0.140. The SMILES string of the molecule is C=C(C)c1c(OCc2cn[nH]n2)ccc2c1[O+]1OB1CC2.CC.CC.CC. The van der Waals surface area contributed by atoms with Crippen molar-refractivity contribution in [3.8, 4) is 11.5 Å². The van der Waals surface area contributed by atoms with E-state index >= 15 is 0 Å². The van der Waals surface area contributed by atoms with Gasteiger partial charge in [0.05, 0.1) is 12.5 Å². The minimum absolute atomic E-state index is 0.140. The summed E-state index contributed by atoms with van der Waals surface area (Å²) < 4.78 is 8.73. The molecule has 1 N–H and O–H groups in total. The van der Waals surface area contributed by atoms with Crippen molar-refractivity contribution in [2.24, 2.45) is 0 Å². The molecule has 0 aliphatic carbocycles. The van der Waals surface area contributed by atoms with E-state index in [2.05, 4.69) is 32.5 Å². The van der Waals surface area contributed by atoms with Crippen molar-refractivity contribution >= 4 is 12.7 Å². The number of rotatable bonds is 4. The van der Waals surface area contributed by atoms with Crippen molar-refractivity contribution in [1.29, 1.82) is 0 Å². The lowest BCUT2D eigenvalue weighted by Gasteiger charge is -2.17. The van der Waals surface area contributed by atoms with Crippen LogP contribution in [0.25, 0.3) is 5.57 Å². The zero-order valence-electron chi connectivity index (χ0n) is 17.8. The molecule has 1 aromatic carbocycles. The Bertz CT molecular complexity index is 705. The Morgan fingerprint density at radius 3 is 2.56 bits per heavy atom. The van der Waals surface area contributed by atoms with Gasteiger partial charge in [0.1, 0.15) is 23.6 Å². The summed E-state index contributed by atoms with van der Waals surface area (Å²) in [7, 11) is 0.140. The molecule has 1 fully saturated rings. The smallest absolute Gasteiger partial charge is 0.486 e. The lowest BCUT2D eigenvalue weighted by atomic mass is 9.80. The number of hydrogen-bond acceptors (Lipinski definition) is 4. The van der Waals surface area contributed by atoms with Gasteiger partial charge in [0, 0.05) is 5.56 Å². The van der Waals surface area contributed by atoms with Gasteiger partial charge in [-0.1, -0.05) is 48.1 Å². The van der Waals surface area contributed by atoms with Crippen molar-refractivity contribution in [2.45, 2.75) is 67.8 Å². The maximum atomic E-state index is 5.90. The third-order valence-corrected chi connectivity index (χ3v) is 3.73. The van der Waals surface area contributed by atoms with Gasteiger partial charge in [0.2, 0.25) is 0 Å². The molecule has 0 unspecified atom stereocenters. The van der Waals surface area contributed by atoms with Gasteiger partial charge in [-0.3, -0.25) is 0 Å². The van der Waals surface area contributed by atoms with E-state index in [-0.39, 0.29) is 7.12 Å². The molecule has 148 valence electrons. The molecule has 2 aromatic rings. The standard InChI is InChI=1S/C14H15BN3O3.3C2H6/c1-9(2)13-12(19-8-11-7-16-18-17-11)4-3-10-5-6-15-20-21(15)14(10)13;3*1-2/h3-4,7H,1,5-6,8H2,2H3,(H,16,17,18);3*1-2H3/q+1;;;. The van der Waals surface area contributed by atoms with Crippen LogP contribution in [0.3, 0.4) is 0 Å². The number of aromatic nitrogens is 3. The lowest BCUT2D eigenvalue weighted by molar-refractivity contribution is -0.0716. The molecular weight excluding hydrogens is 341 g/mol. The fraction of sp³-hybridized carbons (Fsp3) is 0.500. The molecule has 3 heterocycles. The largest absolute Gasteiger partial charge is 0.869 e. The van der Waals surface area contributed by atoms with Crippen molar-refractivity contribution in [3.63, 3.8) is 0 Å². The van der Waals surface area contributed by atoms with Crippen LogP contribution in [-0.2, 0) is 22.3 Å². The summed E-state index contributed by atoms with van der Waals surface area (Å²) in [5, 5.41) is 10.3. The monoisotopic (exact) mass is 374 g/mol. The fourth-order valence-electron chi connectivity index (χ4n) is 2.71. The average Bonchev–Trinajstić information content (AvgIpc) is 3.35. The second-order valence-corrected chi connectivity index (χ2v) is 5.32. The van der Waals surface area contributed by atoms with E-state index in [4.69, 9.17) is 9.54 Å². The first-order valence-corrected chi connectivity index (χ1v) is 9.93. The van der Waals surface area contributed by atoms with Gasteiger partial charge >= 0.3 is 7.12 Å². The molecule has 1 saturated heterocycles. The van der Waals surface area contributed by atoms with E-state index in [0.29, 0.717) is 6.61 Å². The molecule has 0 spiro atoms. The highest BCUT2D eigenvalue weighted by molar-refractivity contribution is 6.52. The summed E-state index contributed by atoms with van der Waals surface area (Å²) in [6.07, 6.45) is 3.66. The molecule has 2 aliphatic rings. The van der Waals surface area contributed by atoms with Gasteiger partial charge in [-0.25, -0.2) is 0 Å². The van der Waals surface area contributed by atoms with Gasteiger partial charge < -0.3 is 9.17 Å². The van der Waals surface area contributed by atoms with Crippen molar-refractivity contribution in [2.75, 3.05) is 0 Å². The first-order valence-electron chi connectivity index (χ1n) is 9.93. The molecule has 0 amide bonds. The minimum Gasteiger partial charge on any atom is -0.486 e. The van der Waals surface area contributed by atoms with E-state index in [9.17, 15) is 0 Å². The number of nitrogens with zero attached hydrogens (tertiary/aromatic N) is 2. The normalized spacial score (nSPS) is 12.7. The van der Waals surface area contributed by atoms with Crippen LogP contribution in [-0.4, -0.2) is 22.5 Å². The molecule has 0 bridgehead atoms. The molecule has 27 heavy (non-hydrogen) atoms. The topological polar surface area (TPSA) is 66.0 Å². The third-order valence-electron chi connectivity index (χ3n) is 3.73. The number of hydrogen-bond donors (Lipinski definition) is 1. The van der Waals surface area contributed by atoms with Crippen LogP contribution in [0.2, 0.25) is 6.32 Å². The zero-order valence-corrected chi connectivity index (χ0v) is 17.8. The number of H-pyrrole nitrogens is 1. The average molecular weight is 374 g/mol. The second kappa shape index (κ2) is 11.4. The summed E-state index contributed by atoms with van der Waals surface area (Å²) in [6, 6.07) is 4.08. The predicted octanol–water partition coefficient (Wildman–Crippen LogP) is 5.75. The highest BCUT2D eigenvalue weighted by Gasteiger charge is 2.66. The number of ether oxygens (including phenoxy) is 1. The molecule has 6 nitrogen and oxygen atoms in total. The molecule has 7 heteroatoms. The van der Waals surface area contributed by atoms with Crippen molar-refractivity contribution in [3.05, 3.63) is 41.7 Å². The quantitative estimate of drug-likeness (QED) is 0.320. The van der Waals surface area contributed by atoms with Crippen LogP contribution in [0.1, 0.15) is 65.3 Å². The van der Waals surface area contributed by atoms with Crippen molar-refractivity contribution in [1.82, 2.24) is 15.4 Å². The molecular formula is C20H33BN3O3+. The van der Waals surface area contributed by atoms with Gasteiger partial charge in [-0.2, -0.15) is 15.4 Å². The summed E-state index contributed by atoms with van der Waals surface area (Å²) >= 11 is 0. The first-order chi connectivity index (χ1) is 13.2. The Kier molecular flexibility index (Phi) is 9.65. The molecule has 0 radical (unpaired) electrons. The highest BCUT2D eigenvalue weighted by Crippen LogP contribution is 2.53. The third kappa shape index (κ3) is 5.36. The first kappa shape index (κ1) is 22.8. The summed E-state index contributed by atoms with van der Waals surface area (Å²) in [4.78, 5) is 5.53. The van der Waals surface area contributed by atoms with Gasteiger partial charge in [-0.05, 0) is 35.9 Å². The van der Waals surface area contributed by atoms with Crippen LogP contribution in [0.15, 0.2) is 24.9 Å². The fourth-order valence-corrected chi connectivity index (χ4v) is 2.71. The Balaban J connectivity index is 0.000000556. The maximum Gasteiger partial charge on any atom is 0.869 e. The number of fused-ring (bicyclic) bond motifs is 3. The molecule has 0 saturated carbocycles. The van der Waals surface area contributed by atoms with E-state index in [1.165, 1.54) is 5.56 Å². The summed E-state index contributed by atoms with van der Waals surface area (Å²) in [5.41, 5.74) is 3.95. The summed E-state index contributed by atoms with van der Waals surface area (Å²) in [6.45, 7) is 18.4. The van der Waals surface area contributed by atoms with Crippen LogP contribution < -0.4 is 4.74 Å². The number of benzene rings is 1. The maximum absolute atomic E-state index is 5.90. The van der Waals surface area contributed by atoms with E-state index in [1.54, 1.807) is 6.20 Å². The summed E-state index contributed by atoms with van der Waals surface area (Å²) in [5.74, 6) is 1.81. The zero-order chi connectivity index (χ0) is 20.4. The van der Waals surface area contributed by atoms with Crippen LogP contribution in [0.5, 0.6) is 11.5 Å². The second-order valence-electron chi connectivity index (χ2n) is 5.32. The van der Waals surface area contributed by atoms with E-state index in [0.717, 1.165) is 41.1 Å². The van der Waals surface area contributed by atoms with Gasteiger partial charge in [0.25, 0.3) is 5.75 Å². The number of aromatic amines is 1. The van der Waals surface area contributed by atoms with Gasteiger partial charge in [0.15, 0.2) is 0 Å². The molecule has 1 aromatic heterocycles. The number of aryl methyl sites for hydroxylation is 1. The Morgan fingerprint density at radius 1 is 1.26 bits per heavy atom. The van der Waals surface area contributed by atoms with Crippen LogP contribution >= 0.6 is 0 Å². The number of nitrogens with one attached hydrogen (secondary N) is 1. The Morgan fingerprint density at radius 2 is 1.96 bits per heavy atom. The Labute approximate surface area is 163 Å². The molecule has 0 atom stereocenters. The van der Waals surface area contributed by atoms with E-state index in [1.807, 2.05) is 54.5 Å². The van der Waals surface area contributed by atoms with E-state index < -0.39 is 0 Å². The van der Waals surface area contributed by atoms with Crippen molar-refractivity contribution < 1.29 is 14.0 Å². The molecule has 2 aliphatic heterocycles. The van der Waals surface area contributed by atoms with Gasteiger partial charge in [-0.15, -0.1) is 0 Å². The lowest BCUT2D eigenvalue weighted by Crippen LogP contribution is -2.08. The Hall–Kier alpha value is -2.28. The number of allylic oxidation sites excluding steroid dienone is 1. The highest BCUT2D eigenvalue weighted by atomic mass is 17.4. The van der Waals surface area contributed by atoms with Crippen LogP contribution in [0.4, 0.5) is 0 Å².